The first-order valence-corrected chi connectivity index (χ1v) is 10.2. The van der Waals surface area contributed by atoms with E-state index in [9.17, 15) is 4.79 Å². The molecular formula is C20H27N3O2S. The largest absolute Gasteiger partial charge is 0.411 e. The predicted octanol–water partition coefficient (Wildman–Crippen LogP) is 4.53. The Hall–Kier alpha value is -1.82. The topological polar surface area (TPSA) is 68.0 Å². The number of amides is 1. The summed E-state index contributed by atoms with van der Waals surface area (Å²) in [6.45, 7) is 8.19. The lowest BCUT2D eigenvalue weighted by atomic mass is 9.86. The Morgan fingerprint density at radius 3 is 2.58 bits per heavy atom. The number of nitrogens with zero attached hydrogens (tertiary/aromatic N) is 2. The van der Waals surface area contributed by atoms with E-state index in [1.807, 2.05) is 32.9 Å². The van der Waals surface area contributed by atoms with Gasteiger partial charge in [-0.25, -0.2) is 0 Å². The van der Waals surface area contributed by atoms with Crippen LogP contribution in [0.2, 0.25) is 0 Å². The Labute approximate surface area is 159 Å². The van der Waals surface area contributed by atoms with Gasteiger partial charge < -0.3 is 9.73 Å². The van der Waals surface area contributed by atoms with Crippen molar-refractivity contribution in [3.63, 3.8) is 0 Å². The van der Waals surface area contributed by atoms with Crippen molar-refractivity contribution < 1.29 is 9.21 Å². The van der Waals surface area contributed by atoms with Crippen LogP contribution in [0.15, 0.2) is 27.8 Å². The highest BCUT2D eigenvalue weighted by molar-refractivity contribution is 8.00. The number of nitrogens with one attached hydrogen (secondary N) is 1. The third-order valence-corrected chi connectivity index (χ3v) is 5.90. The zero-order chi connectivity index (χ0) is 18.7. The molecule has 1 aromatic carbocycles. The van der Waals surface area contributed by atoms with E-state index in [0.717, 1.165) is 23.1 Å². The molecular weight excluding hydrogens is 346 g/mol. The zero-order valence-electron chi connectivity index (χ0n) is 15.9. The van der Waals surface area contributed by atoms with Crippen LogP contribution in [-0.2, 0) is 4.79 Å². The number of carbonyl (C=O) groups is 1. The van der Waals surface area contributed by atoms with E-state index in [0.29, 0.717) is 17.0 Å². The van der Waals surface area contributed by atoms with Gasteiger partial charge in [0.1, 0.15) is 0 Å². The van der Waals surface area contributed by atoms with E-state index < -0.39 is 0 Å². The average molecular weight is 374 g/mol. The Balaban J connectivity index is 1.62. The normalized spacial score (nSPS) is 21.4. The molecule has 5 nitrogen and oxygen atoms in total. The van der Waals surface area contributed by atoms with Crippen LogP contribution in [0.5, 0.6) is 0 Å². The van der Waals surface area contributed by atoms with E-state index in [4.69, 9.17) is 4.42 Å². The maximum atomic E-state index is 12.5. The summed E-state index contributed by atoms with van der Waals surface area (Å²) in [5.41, 5.74) is 3.22. The molecule has 1 amide bonds. The molecule has 140 valence electrons. The molecule has 0 aliphatic heterocycles. The van der Waals surface area contributed by atoms with Crippen LogP contribution in [-0.4, -0.2) is 27.4 Å². The number of hydrogen-bond acceptors (Lipinski definition) is 5. The minimum Gasteiger partial charge on any atom is -0.411 e. The molecule has 0 radical (unpaired) electrons. The third-order valence-electron chi connectivity index (χ3n) is 4.96. The second-order valence-electron chi connectivity index (χ2n) is 7.39. The molecule has 2 aromatic rings. The summed E-state index contributed by atoms with van der Waals surface area (Å²) >= 11 is 1.31. The van der Waals surface area contributed by atoms with E-state index in [1.54, 1.807) is 0 Å². The zero-order valence-corrected chi connectivity index (χ0v) is 16.7. The van der Waals surface area contributed by atoms with E-state index in [1.165, 1.54) is 31.0 Å². The van der Waals surface area contributed by atoms with Gasteiger partial charge in [0.25, 0.3) is 5.22 Å². The fourth-order valence-corrected chi connectivity index (χ4v) is 4.20. The summed E-state index contributed by atoms with van der Waals surface area (Å²) in [6, 6.07) is 6.44. The molecule has 3 atom stereocenters. The number of rotatable bonds is 5. The number of benzene rings is 1. The van der Waals surface area contributed by atoms with Gasteiger partial charge in [-0.2, -0.15) is 0 Å². The number of aromatic nitrogens is 2. The number of thioether (sulfide) groups is 1. The summed E-state index contributed by atoms with van der Waals surface area (Å²) < 4.78 is 5.77. The summed E-state index contributed by atoms with van der Waals surface area (Å²) in [7, 11) is 0. The van der Waals surface area contributed by atoms with Gasteiger partial charge in [-0.15, -0.1) is 10.2 Å². The second kappa shape index (κ2) is 8.25. The highest BCUT2D eigenvalue weighted by Gasteiger charge is 2.26. The smallest absolute Gasteiger partial charge is 0.277 e. The molecule has 0 bridgehead atoms. The molecule has 1 N–H and O–H groups in total. The number of hydrogen-bond donors (Lipinski definition) is 1. The fourth-order valence-electron chi connectivity index (χ4n) is 3.51. The summed E-state index contributed by atoms with van der Waals surface area (Å²) in [5, 5.41) is 11.6. The van der Waals surface area contributed by atoms with Gasteiger partial charge in [-0.1, -0.05) is 48.7 Å². The first-order chi connectivity index (χ1) is 12.4. The molecule has 6 heteroatoms. The molecule has 26 heavy (non-hydrogen) atoms. The van der Waals surface area contributed by atoms with Crippen molar-refractivity contribution in [3.8, 4) is 11.5 Å². The first kappa shape index (κ1) is 19.0. The van der Waals surface area contributed by atoms with Crippen molar-refractivity contribution in [2.24, 2.45) is 5.92 Å². The van der Waals surface area contributed by atoms with Crippen LogP contribution >= 0.6 is 11.8 Å². The van der Waals surface area contributed by atoms with Crippen molar-refractivity contribution in [1.82, 2.24) is 15.5 Å². The minimum absolute atomic E-state index is 0.0416. The van der Waals surface area contributed by atoms with Crippen LogP contribution in [0.3, 0.4) is 0 Å². The lowest BCUT2D eigenvalue weighted by Gasteiger charge is -2.30. The van der Waals surface area contributed by atoms with Crippen molar-refractivity contribution >= 4 is 17.7 Å². The Bertz CT molecular complexity index is 754. The molecule has 0 unspecified atom stereocenters. The molecule has 0 spiro atoms. The Morgan fingerprint density at radius 1 is 1.19 bits per heavy atom. The van der Waals surface area contributed by atoms with Gasteiger partial charge in [0.2, 0.25) is 11.8 Å². The quantitative estimate of drug-likeness (QED) is 0.780. The second-order valence-corrected chi connectivity index (χ2v) is 8.68. The van der Waals surface area contributed by atoms with Gasteiger partial charge in [0.05, 0.1) is 5.25 Å². The fraction of sp³-hybridized carbons (Fsp3) is 0.550. The van der Waals surface area contributed by atoms with E-state index >= 15 is 0 Å². The molecule has 1 saturated carbocycles. The summed E-state index contributed by atoms with van der Waals surface area (Å²) in [4.78, 5) is 12.5. The molecule has 0 saturated heterocycles. The van der Waals surface area contributed by atoms with Crippen molar-refractivity contribution in [2.45, 2.75) is 69.9 Å². The lowest BCUT2D eigenvalue weighted by Crippen LogP contribution is -2.44. The molecule has 1 aliphatic carbocycles. The predicted molar refractivity (Wildman–Crippen MR) is 104 cm³/mol. The highest BCUT2D eigenvalue weighted by Crippen LogP contribution is 2.28. The first-order valence-electron chi connectivity index (χ1n) is 9.31. The van der Waals surface area contributed by atoms with Crippen LogP contribution < -0.4 is 5.32 Å². The minimum atomic E-state index is -0.267. The standard InChI is InChI=1S/C20H27N3O2S/c1-12-9-13(2)11-16(10-12)19-22-23-20(25-19)26-15(4)18(24)21-17-8-6-5-7-14(17)3/h9-11,14-15,17H,5-8H2,1-4H3,(H,21,24)/t14-,15-,17+/m0/s1. The van der Waals surface area contributed by atoms with Crippen molar-refractivity contribution in [1.29, 1.82) is 0 Å². The number of aryl methyl sites for hydroxylation is 2. The number of carbonyl (C=O) groups excluding carboxylic acids is 1. The maximum absolute atomic E-state index is 12.5. The van der Waals surface area contributed by atoms with E-state index in [-0.39, 0.29) is 17.2 Å². The summed E-state index contributed by atoms with van der Waals surface area (Å²) in [5.74, 6) is 1.08. The molecule has 1 fully saturated rings. The van der Waals surface area contributed by atoms with Crippen molar-refractivity contribution in [3.05, 3.63) is 29.3 Å². The van der Waals surface area contributed by atoms with Crippen molar-refractivity contribution in [2.75, 3.05) is 0 Å². The van der Waals surface area contributed by atoms with Gasteiger partial charge in [0, 0.05) is 11.6 Å². The van der Waals surface area contributed by atoms with Gasteiger partial charge in [-0.05, 0) is 51.7 Å². The monoisotopic (exact) mass is 373 g/mol. The summed E-state index contributed by atoms with van der Waals surface area (Å²) in [6.07, 6.45) is 4.72. The van der Waals surface area contributed by atoms with Crippen LogP contribution in [0.1, 0.15) is 50.7 Å². The van der Waals surface area contributed by atoms with Gasteiger partial charge in [-0.3, -0.25) is 4.79 Å². The Morgan fingerprint density at radius 2 is 1.88 bits per heavy atom. The third kappa shape index (κ3) is 4.67. The van der Waals surface area contributed by atoms with Crippen LogP contribution in [0.25, 0.3) is 11.5 Å². The van der Waals surface area contributed by atoms with Gasteiger partial charge in [0.15, 0.2) is 0 Å². The molecule has 1 heterocycles. The van der Waals surface area contributed by atoms with E-state index in [2.05, 4.69) is 28.5 Å². The van der Waals surface area contributed by atoms with Crippen LogP contribution in [0, 0.1) is 19.8 Å². The van der Waals surface area contributed by atoms with Crippen LogP contribution in [0.4, 0.5) is 0 Å². The Kier molecular flexibility index (Phi) is 6.01. The average Bonchev–Trinajstić information content (AvgIpc) is 3.04. The SMILES string of the molecule is Cc1cc(C)cc(-c2nnc(S[C@@H](C)C(=O)N[C@@H]3CCCC[C@@H]3C)o2)c1. The molecule has 1 aromatic heterocycles. The van der Waals surface area contributed by atoms with Gasteiger partial charge >= 0.3 is 0 Å². The lowest BCUT2D eigenvalue weighted by molar-refractivity contribution is -0.121. The molecule has 3 rings (SSSR count). The molecule has 1 aliphatic rings. The highest BCUT2D eigenvalue weighted by atomic mass is 32.2. The maximum Gasteiger partial charge on any atom is 0.277 e.